The van der Waals surface area contributed by atoms with Crippen molar-refractivity contribution in [1.29, 1.82) is 0 Å². The molecule has 2 fully saturated rings. The molecule has 7 rings (SSSR count). The molecular formula is C30H38N8OS. The lowest BCUT2D eigenvalue weighted by molar-refractivity contribution is -0.137. The van der Waals surface area contributed by atoms with E-state index in [1.165, 1.54) is 5.57 Å². The fourth-order valence-electron chi connectivity index (χ4n) is 6.53. The summed E-state index contributed by atoms with van der Waals surface area (Å²) in [5.74, 6) is 2.12. The van der Waals surface area contributed by atoms with Gasteiger partial charge in [0.15, 0.2) is 0 Å². The Bertz CT molecular complexity index is 1440. The number of fused-ring (bicyclic) bond motifs is 2. The van der Waals surface area contributed by atoms with Gasteiger partial charge in [0.1, 0.15) is 18.0 Å². The van der Waals surface area contributed by atoms with E-state index in [9.17, 15) is 4.79 Å². The third kappa shape index (κ3) is 4.97. The molecule has 2 aromatic heterocycles. The SMILES string of the molecule is CC(C)N1CCN(CC2(C(=O)N3CC=C(C4Cc5c(Nc6ccc7ncsc7c6)ncnc5N4)CC3)CC2)CC1. The van der Waals surface area contributed by atoms with Crippen LogP contribution in [0.2, 0.25) is 0 Å². The largest absolute Gasteiger partial charge is 0.363 e. The highest BCUT2D eigenvalue weighted by Gasteiger charge is 2.52. The first-order valence-electron chi connectivity index (χ1n) is 14.6. The van der Waals surface area contributed by atoms with E-state index >= 15 is 0 Å². The molecule has 4 aliphatic rings. The quantitative estimate of drug-likeness (QED) is 0.419. The zero-order chi connectivity index (χ0) is 27.3. The summed E-state index contributed by atoms with van der Waals surface area (Å²) >= 11 is 1.64. The van der Waals surface area contributed by atoms with Gasteiger partial charge >= 0.3 is 0 Å². The molecule has 1 atom stereocenters. The highest BCUT2D eigenvalue weighted by molar-refractivity contribution is 7.16. The highest BCUT2D eigenvalue weighted by Crippen LogP contribution is 2.48. The highest BCUT2D eigenvalue weighted by atomic mass is 32.1. The van der Waals surface area contributed by atoms with Crippen LogP contribution in [0.5, 0.6) is 0 Å². The summed E-state index contributed by atoms with van der Waals surface area (Å²) < 4.78 is 1.15. The minimum Gasteiger partial charge on any atom is -0.363 e. The fraction of sp³-hybridized carbons (Fsp3) is 0.533. The van der Waals surface area contributed by atoms with E-state index in [0.717, 1.165) is 98.1 Å². The molecule has 0 spiro atoms. The minimum absolute atomic E-state index is 0.147. The summed E-state index contributed by atoms with van der Waals surface area (Å²) in [6.07, 6.45) is 7.71. The van der Waals surface area contributed by atoms with Crippen LogP contribution in [-0.2, 0) is 11.2 Å². The number of piperazine rings is 1. The van der Waals surface area contributed by atoms with E-state index in [1.807, 2.05) is 17.6 Å². The van der Waals surface area contributed by atoms with Gasteiger partial charge in [-0.15, -0.1) is 11.3 Å². The van der Waals surface area contributed by atoms with E-state index in [4.69, 9.17) is 0 Å². The predicted octanol–water partition coefficient (Wildman–Crippen LogP) is 4.13. The van der Waals surface area contributed by atoms with Crippen molar-refractivity contribution >= 4 is 44.8 Å². The predicted molar refractivity (Wildman–Crippen MR) is 160 cm³/mol. The van der Waals surface area contributed by atoms with E-state index in [1.54, 1.807) is 17.7 Å². The molecule has 2 N–H and O–H groups in total. The number of carbonyl (C=O) groups excluding carboxylic acids is 1. The van der Waals surface area contributed by atoms with Gasteiger partial charge in [0, 0.05) is 69.5 Å². The Morgan fingerprint density at radius 3 is 2.75 bits per heavy atom. The summed E-state index contributed by atoms with van der Waals surface area (Å²) in [5, 5.41) is 7.13. The first kappa shape index (κ1) is 25.9. The number of hydrogen-bond acceptors (Lipinski definition) is 9. The van der Waals surface area contributed by atoms with Crippen LogP contribution in [0.4, 0.5) is 17.3 Å². The Kier molecular flexibility index (Phi) is 6.72. The molecule has 10 heteroatoms. The second kappa shape index (κ2) is 10.4. The number of carbonyl (C=O) groups is 1. The zero-order valence-electron chi connectivity index (χ0n) is 23.4. The molecule has 0 radical (unpaired) electrons. The van der Waals surface area contributed by atoms with Gasteiger partial charge in [0.05, 0.1) is 27.2 Å². The van der Waals surface area contributed by atoms with Gasteiger partial charge in [-0.25, -0.2) is 15.0 Å². The molecule has 210 valence electrons. The lowest BCUT2D eigenvalue weighted by Gasteiger charge is -2.39. The first-order valence-corrected chi connectivity index (χ1v) is 15.5. The van der Waals surface area contributed by atoms with Gasteiger partial charge in [-0.05, 0) is 56.9 Å². The average Bonchev–Trinajstić information content (AvgIpc) is 3.38. The lowest BCUT2D eigenvalue weighted by Crippen LogP contribution is -2.52. The molecule has 1 saturated carbocycles. The van der Waals surface area contributed by atoms with Crippen LogP contribution >= 0.6 is 11.3 Å². The van der Waals surface area contributed by atoms with Crippen molar-refractivity contribution in [1.82, 2.24) is 29.7 Å². The number of thiazole rings is 1. The van der Waals surface area contributed by atoms with Crippen molar-refractivity contribution < 1.29 is 4.79 Å². The smallest absolute Gasteiger partial charge is 0.230 e. The first-order chi connectivity index (χ1) is 19.5. The average molecular weight is 559 g/mol. The van der Waals surface area contributed by atoms with Crippen molar-refractivity contribution in [2.75, 3.05) is 56.4 Å². The molecule has 1 saturated heterocycles. The van der Waals surface area contributed by atoms with Crippen molar-refractivity contribution in [3.63, 3.8) is 0 Å². The fourth-order valence-corrected chi connectivity index (χ4v) is 7.25. The Balaban J connectivity index is 0.970. The molecule has 1 aromatic carbocycles. The number of amides is 1. The summed E-state index contributed by atoms with van der Waals surface area (Å²) in [7, 11) is 0. The van der Waals surface area contributed by atoms with Gasteiger partial charge in [0.2, 0.25) is 5.91 Å². The maximum absolute atomic E-state index is 13.6. The van der Waals surface area contributed by atoms with Crippen molar-refractivity contribution in [2.24, 2.45) is 5.41 Å². The standard InChI is InChI=1S/C30H38N8OS/c1-20(2)37-13-11-36(12-14-37)17-30(7-8-30)29(39)38-9-5-21(6-10-38)25-16-23-27(31-18-32-28(23)35-25)34-22-3-4-24-26(15-22)40-19-33-24/h3-5,15,18-20,25H,6-14,16-17H2,1-2H3,(H2,31,32,34,35). The van der Waals surface area contributed by atoms with Gasteiger partial charge < -0.3 is 15.5 Å². The van der Waals surface area contributed by atoms with Crippen molar-refractivity contribution in [2.45, 2.75) is 51.6 Å². The second-order valence-electron chi connectivity index (χ2n) is 12.1. The Labute approximate surface area is 239 Å². The summed E-state index contributed by atoms with van der Waals surface area (Å²) in [5.41, 5.74) is 6.23. The minimum atomic E-state index is -0.147. The van der Waals surface area contributed by atoms with Crippen LogP contribution in [0.25, 0.3) is 10.2 Å². The van der Waals surface area contributed by atoms with Crippen molar-refractivity contribution in [3.8, 4) is 0 Å². The third-order valence-electron chi connectivity index (χ3n) is 9.21. The molecule has 1 amide bonds. The molecule has 40 heavy (non-hydrogen) atoms. The van der Waals surface area contributed by atoms with E-state index < -0.39 is 0 Å². The topological polar surface area (TPSA) is 89.5 Å². The van der Waals surface area contributed by atoms with Crippen LogP contribution in [0, 0.1) is 5.41 Å². The Morgan fingerprint density at radius 2 is 2.00 bits per heavy atom. The van der Waals surface area contributed by atoms with E-state index in [0.29, 0.717) is 18.5 Å². The van der Waals surface area contributed by atoms with Crippen LogP contribution in [0.3, 0.4) is 0 Å². The summed E-state index contributed by atoms with van der Waals surface area (Å²) in [4.78, 5) is 34.3. The Morgan fingerprint density at radius 1 is 1.15 bits per heavy atom. The molecule has 3 aromatic rings. The monoisotopic (exact) mass is 558 g/mol. The van der Waals surface area contributed by atoms with Crippen LogP contribution in [-0.4, -0.2) is 93.5 Å². The van der Waals surface area contributed by atoms with Crippen LogP contribution < -0.4 is 10.6 Å². The molecule has 1 aliphatic carbocycles. The summed E-state index contributed by atoms with van der Waals surface area (Å²) in [6.45, 7) is 11.3. The zero-order valence-corrected chi connectivity index (χ0v) is 24.2. The molecule has 9 nitrogen and oxygen atoms in total. The van der Waals surface area contributed by atoms with E-state index in [-0.39, 0.29) is 11.5 Å². The number of hydrogen-bond donors (Lipinski definition) is 2. The maximum Gasteiger partial charge on any atom is 0.230 e. The normalized spacial score (nSPS) is 22.7. The maximum atomic E-state index is 13.6. The van der Waals surface area contributed by atoms with Gasteiger partial charge in [-0.3, -0.25) is 14.6 Å². The third-order valence-corrected chi connectivity index (χ3v) is 10.0. The molecule has 3 aliphatic heterocycles. The molecular weight excluding hydrogens is 520 g/mol. The summed E-state index contributed by atoms with van der Waals surface area (Å²) in [6, 6.07) is 7.00. The number of nitrogens with zero attached hydrogens (tertiary/aromatic N) is 6. The van der Waals surface area contributed by atoms with E-state index in [2.05, 4.69) is 66.3 Å². The van der Waals surface area contributed by atoms with Crippen molar-refractivity contribution in [3.05, 3.63) is 47.2 Å². The number of benzene rings is 1. The lowest BCUT2D eigenvalue weighted by atomic mass is 9.96. The number of aromatic nitrogens is 3. The molecule has 5 heterocycles. The van der Waals surface area contributed by atoms with Gasteiger partial charge in [-0.2, -0.15) is 0 Å². The van der Waals surface area contributed by atoms with Gasteiger partial charge in [-0.1, -0.05) is 6.08 Å². The Hall–Kier alpha value is -3.08. The van der Waals surface area contributed by atoms with Gasteiger partial charge in [0.25, 0.3) is 0 Å². The number of nitrogens with one attached hydrogen (secondary N) is 2. The van der Waals surface area contributed by atoms with Crippen LogP contribution in [0.1, 0.15) is 38.7 Å². The number of anilines is 3. The molecule has 1 unspecified atom stereocenters. The number of rotatable bonds is 7. The molecule has 0 bridgehead atoms. The second-order valence-corrected chi connectivity index (χ2v) is 13.0. The van der Waals surface area contributed by atoms with Crippen LogP contribution in [0.15, 0.2) is 41.7 Å².